The summed E-state index contributed by atoms with van der Waals surface area (Å²) in [7, 11) is 0. The SMILES string of the molecule is CCc1nnsc1C(=O)OCC(=O)c1ccc(Br)s1. The summed E-state index contributed by atoms with van der Waals surface area (Å²) in [6, 6.07) is 3.47. The van der Waals surface area contributed by atoms with E-state index in [0.29, 0.717) is 21.9 Å². The number of rotatable bonds is 5. The minimum Gasteiger partial charge on any atom is -0.453 e. The Bertz CT molecular complexity index is 609. The molecule has 0 saturated carbocycles. The molecule has 0 fully saturated rings. The lowest BCUT2D eigenvalue weighted by molar-refractivity contribution is 0.0479. The summed E-state index contributed by atoms with van der Waals surface area (Å²) in [6.07, 6.45) is 0.604. The van der Waals surface area contributed by atoms with E-state index in [1.807, 2.05) is 6.92 Å². The topological polar surface area (TPSA) is 69.2 Å². The first-order chi connectivity index (χ1) is 9.11. The summed E-state index contributed by atoms with van der Waals surface area (Å²) in [6.45, 7) is 1.61. The van der Waals surface area contributed by atoms with Crippen molar-refractivity contribution in [2.24, 2.45) is 0 Å². The second-order valence-electron chi connectivity index (χ2n) is 3.51. The molecule has 0 aliphatic heterocycles. The van der Waals surface area contributed by atoms with Crippen LogP contribution in [0.4, 0.5) is 0 Å². The molecule has 0 atom stereocenters. The van der Waals surface area contributed by atoms with E-state index >= 15 is 0 Å². The molecular weight excluding hydrogens is 352 g/mol. The fourth-order valence-corrected chi connectivity index (χ4v) is 3.28. The van der Waals surface area contributed by atoms with Crippen LogP contribution in [0, 0.1) is 0 Å². The fourth-order valence-electron chi connectivity index (χ4n) is 1.33. The summed E-state index contributed by atoms with van der Waals surface area (Å²) in [5.74, 6) is -0.768. The Balaban J connectivity index is 1.96. The zero-order chi connectivity index (χ0) is 13.8. The maximum atomic E-state index is 11.8. The standard InChI is InChI=1S/C11H9BrN2O3S2/c1-2-6-10(19-14-13-6)11(16)17-5-7(15)8-3-4-9(12)18-8/h3-4H,2,5H2,1H3. The minimum absolute atomic E-state index is 0.223. The van der Waals surface area contributed by atoms with E-state index in [9.17, 15) is 9.59 Å². The number of aromatic nitrogens is 2. The first-order valence-corrected chi connectivity index (χ1v) is 7.77. The Morgan fingerprint density at radius 1 is 1.42 bits per heavy atom. The van der Waals surface area contributed by atoms with E-state index in [4.69, 9.17) is 4.74 Å². The van der Waals surface area contributed by atoms with Gasteiger partial charge in [0.15, 0.2) is 11.5 Å². The summed E-state index contributed by atoms with van der Waals surface area (Å²) in [5.41, 5.74) is 0.598. The molecule has 0 saturated heterocycles. The average molecular weight is 361 g/mol. The number of carbonyl (C=O) groups is 2. The van der Waals surface area contributed by atoms with E-state index in [0.717, 1.165) is 15.3 Å². The van der Waals surface area contributed by atoms with Gasteiger partial charge in [0.2, 0.25) is 5.78 Å². The van der Waals surface area contributed by atoms with Crippen LogP contribution in [-0.4, -0.2) is 27.9 Å². The third kappa shape index (κ3) is 3.46. The van der Waals surface area contributed by atoms with Crippen molar-refractivity contribution in [3.63, 3.8) is 0 Å². The summed E-state index contributed by atoms with van der Waals surface area (Å²) < 4.78 is 9.56. The van der Waals surface area contributed by atoms with Gasteiger partial charge in [0.1, 0.15) is 0 Å². The number of esters is 1. The molecule has 0 radical (unpaired) electrons. The van der Waals surface area contributed by atoms with Crippen LogP contribution in [0.3, 0.4) is 0 Å². The van der Waals surface area contributed by atoms with Gasteiger partial charge in [0, 0.05) is 0 Å². The molecule has 0 aromatic carbocycles. The molecule has 0 unspecified atom stereocenters. The predicted octanol–water partition coefficient (Wildman–Crippen LogP) is 2.96. The molecule has 100 valence electrons. The zero-order valence-corrected chi connectivity index (χ0v) is 13.1. The van der Waals surface area contributed by atoms with Crippen molar-refractivity contribution in [1.82, 2.24) is 9.59 Å². The smallest absolute Gasteiger partial charge is 0.352 e. The van der Waals surface area contributed by atoms with Gasteiger partial charge in [0.05, 0.1) is 14.4 Å². The average Bonchev–Trinajstić information content (AvgIpc) is 3.03. The number of halogens is 1. The summed E-state index contributed by atoms with van der Waals surface area (Å²) in [4.78, 5) is 24.5. The lowest BCUT2D eigenvalue weighted by atomic mass is 10.3. The van der Waals surface area contributed by atoms with Crippen LogP contribution in [0.1, 0.15) is 32.0 Å². The van der Waals surface area contributed by atoms with Crippen LogP contribution in [0.2, 0.25) is 0 Å². The molecule has 19 heavy (non-hydrogen) atoms. The lowest BCUT2D eigenvalue weighted by Crippen LogP contribution is -2.13. The van der Waals surface area contributed by atoms with Gasteiger partial charge < -0.3 is 4.74 Å². The highest BCUT2D eigenvalue weighted by molar-refractivity contribution is 9.11. The predicted molar refractivity (Wildman–Crippen MR) is 75.9 cm³/mol. The third-order valence-electron chi connectivity index (χ3n) is 2.26. The van der Waals surface area contributed by atoms with Crippen LogP contribution in [0.25, 0.3) is 0 Å². The first-order valence-electron chi connectivity index (χ1n) is 5.38. The Kier molecular flexibility index (Phi) is 4.78. The van der Waals surface area contributed by atoms with E-state index in [-0.39, 0.29) is 12.4 Å². The maximum Gasteiger partial charge on any atom is 0.352 e. The van der Waals surface area contributed by atoms with Crippen molar-refractivity contribution in [1.29, 1.82) is 0 Å². The Morgan fingerprint density at radius 3 is 2.84 bits per heavy atom. The summed E-state index contributed by atoms with van der Waals surface area (Å²) in [5, 5.41) is 3.82. The van der Waals surface area contributed by atoms with Gasteiger partial charge in [-0.3, -0.25) is 4.79 Å². The van der Waals surface area contributed by atoms with Gasteiger partial charge in [-0.05, 0) is 46.0 Å². The van der Waals surface area contributed by atoms with E-state index in [1.54, 1.807) is 12.1 Å². The van der Waals surface area contributed by atoms with Gasteiger partial charge in [-0.2, -0.15) is 0 Å². The molecule has 0 amide bonds. The van der Waals surface area contributed by atoms with Crippen molar-refractivity contribution in [2.45, 2.75) is 13.3 Å². The molecule has 0 bridgehead atoms. The number of hydrogen-bond donors (Lipinski definition) is 0. The van der Waals surface area contributed by atoms with Gasteiger partial charge in [-0.15, -0.1) is 16.4 Å². The molecule has 2 heterocycles. The minimum atomic E-state index is -0.546. The van der Waals surface area contributed by atoms with Gasteiger partial charge in [-0.1, -0.05) is 11.4 Å². The molecule has 2 rings (SSSR count). The largest absolute Gasteiger partial charge is 0.453 e. The van der Waals surface area contributed by atoms with Crippen molar-refractivity contribution >= 4 is 50.6 Å². The molecule has 2 aromatic rings. The van der Waals surface area contributed by atoms with Crippen molar-refractivity contribution in [3.8, 4) is 0 Å². The molecule has 0 aliphatic carbocycles. The molecule has 2 aromatic heterocycles. The second kappa shape index (κ2) is 6.36. The number of aryl methyl sites for hydroxylation is 1. The number of hydrogen-bond acceptors (Lipinski definition) is 7. The number of nitrogens with zero attached hydrogens (tertiary/aromatic N) is 2. The lowest BCUT2D eigenvalue weighted by Gasteiger charge is -2.01. The molecule has 0 aliphatic rings. The van der Waals surface area contributed by atoms with E-state index < -0.39 is 5.97 Å². The van der Waals surface area contributed by atoms with E-state index in [2.05, 4.69) is 25.5 Å². The van der Waals surface area contributed by atoms with Gasteiger partial charge in [-0.25, -0.2) is 4.79 Å². The van der Waals surface area contributed by atoms with Crippen LogP contribution < -0.4 is 0 Å². The van der Waals surface area contributed by atoms with Crippen molar-refractivity contribution in [2.75, 3.05) is 6.61 Å². The molecule has 8 heteroatoms. The maximum absolute atomic E-state index is 11.8. The fraction of sp³-hybridized carbons (Fsp3) is 0.273. The van der Waals surface area contributed by atoms with Crippen LogP contribution >= 0.6 is 38.8 Å². The Labute approximate surface area is 125 Å². The number of ketones is 1. The number of ether oxygens (including phenoxy) is 1. The normalized spacial score (nSPS) is 10.4. The van der Waals surface area contributed by atoms with Crippen LogP contribution in [0.15, 0.2) is 15.9 Å². The Morgan fingerprint density at radius 2 is 2.21 bits per heavy atom. The van der Waals surface area contributed by atoms with Crippen LogP contribution in [-0.2, 0) is 11.2 Å². The number of carbonyl (C=O) groups excluding carboxylic acids is 2. The zero-order valence-electron chi connectivity index (χ0n) is 9.88. The first kappa shape index (κ1) is 14.3. The molecule has 0 N–H and O–H groups in total. The molecule has 5 nitrogen and oxygen atoms in total. The van der Waals surface area contributed by atoms with Crippen molar-refractivity contribution in [3.05, 3.63) is 31.4 Å². The van der Waals surface area contributed by atoms with Crippen LogP contribution in [0.5, 0.6) is 0 Å². The van der Waals surface area contributed by atoms with Crippen molar-refractivity contribution < 1.29 is 14.3 Å². The van der Waals surface area contributed by atoms with Gasteiger partial charge >= 0.3 is 5.97 Å². The number of thiophene rings is 1. The highest BCUT2D eigenvalue weighted by atomic mass is 79.9. The molecule has 0 spiro atoms. The highest BCUT2D eigenvalue weighted by Gasteiger charge is 2.18. The van der Waals surface area contributed by atoms with E-state index in [1.165, 1.54) is 11.3 Å². The number of Topliss-reactive ketones (excluding diaryl/α,β-unsaturated/α-hetero) is 1. The second-order valence-corrected chi connectivity index (χ2v) is 6.72. The Hall–Kier alpha value is -1.12. The highest BCUT2D eigenvalue weighted by Crippen LogP contribution is 2.22. The summed E-state index contributed by atoms with van der Waals surface area (Å²) >= 11 is 5.56. The third-order valence-corrected chi connectivity index (χ3v) is 4.67. The quantitative estimate of drug-likeness (QED) is 0.605. The molecular formula is C11H9BrN2O3S2. The monoisotopic (exact) mass is 360 g/mol. The van der Waals surface area contributed by atoms with Gasteiger partial charge in [0.25, 0.3) is 0 Å².